The van der Waals surface area contributed by atoms with Gasteiger partial charge < -0.3 is 29.5 Å². The first-order chi connectivity index (χ1) is 16.5. The average Bonchev–Trinajstić information content (AvgIpc) is 3.23. The first-order valence-corrected chi connectivity index (χ1v) is 11.2. The minimum atomic E-state index is -0.422. The molecule has 2 fully saturated rings. The van der Waals surface area contributed by atoms with Crippen LogP contribution >= 0.6 is 0 Å². The van der Waals surface area contributed by atoms with E-state index in [0.29, 0.717) is 57.4 Å². The van der Waals surface area contributed by atoms with Crippen LogP contribution in [0.1, 0.15) is 6.42 Å². The van der Waals surface area contributed by atoms with Gasteiger partial charge in [0.15, 0.2) is 11.5 Å². The molecule has 5 rings (SSSR count). The summed E-state index contributed by atoms with van der Waals surface area (Å²) in [4.78, 5) is 41.3. The van der Waals surface area contributed by atoms with Crippen molar-refractivity contribution in [1.29, 1.82) is 0 Å². The van der Waals surface area contributed by atoms with E-state index in [9.17, 15) is 19.7 Å². The molecule has 1 unspecified atom stereocenters. The summed E-state index contributed by atoms with van der Waals surface area (Å²) in [5.74, 6) is 1.24. The van der Waals surface area contributed by atoms with Crippen molar-refractivity contribution < 1.29 is 24.0 Å². The summed E-state index contributed by atoms with van der Waals surface area (Å²) >= 11 is 0. The van der Waals surface area contributed by atoms with Gasteiger partial charge in [0.1, 0.15) is 13.2 Å². The van der Waals surface area contributed by atoms with E-state index < -0.39 is 4.92 Å². The minimum Gasteiger partial charge on any atom is -0.486 e. The number of nitrogens with zero attached hydrogens (tertiary/aromatic N) is 4. The number of non-ortho nitro benzene ring substituents is 1. The Hall–Kier alpha value is -4.02. The van der Waals surface area contributed by atoms with Crippen molar-refractivity contribution in [3.05, 3.63) is 52.6 Å². The van der Waals surface area contributed by atoms with Crippen LogP contribution in [0.4, 0.5) is 21.9 Å². The third-order valence-electron chi connectivity index (χ3n) is 6.28. The number of carbonyl (C=O) groups excluding carboxylic acids is 2. The van der Waals surface area contributed by atoms with E-state index in [4.69, 9.17) is 9.47 Å². The molecule has 0 bridgehead atoms. The lowest BCUT2D eigenvalue weighted by molar-refractivity contribution is -0.384. The molecule has 11 nitrogen and oxygen atoms in total. The zero-order valence-corrected chi connectivity index (χ0v) is 18.5. The van der Waals surface area contributed by atoms with Gasteiger partial charge in [0.25, 0.3) is 5.69 Å². The van der Waals surface area contributed by atoms with E-state index >= 15 is 0 Å². The predicted octanol–water partition coefficient (Wildman–Crippen LogP) is 2.00. The Morgan fingerprint density at radius 1 is 0.971 bits per heavy atom. The smallest absolute Gasteiger partial charge is 0.317 e. The van der Waals surface area contributed by atoms with Crippen LogP contribution < -0.4 is 24.6 Å². The highest BCUT2D eigenvalue weighted by Gasteiger charge is 2.33. The Balaban J connectivity index is 1.14. The summed E-state index contributed by atoms with van der Waals surface area (Å²) in [6.45, 7) is 3.67. The fraction of sp³-hybridized carbons (Fsp3) is 0.391. The first-order valence-electron chi connectivity index (χ1n) is 11.2. The Morgan fingerprint density at radius 3 is 2.35 bits per heavy atom. The van der Waals surface area contributed by atoms with E-state index in [1.807, 2.05) is 6.07 Å². The van der Waals surface area contributed by atoms with Crippen LogP contribution in [0.3, 0.4) is 0 Å². The van der Waals surface area contributed by atoms with Gasteiger partial charge in [-0.25, -0.2) is 4.79 Å². The van der Waals surface area contributed by atoms with Crippen LogP contribution in [-0.4, -0.2) is 73.7 Å². The van der Waals surface area contributed by atoms with Crippen LogP contribution in [0.25, 0.3) is 0 Å². The number of nitrogens with one attached hydrogen (secondary N) is 1. The maximum atomic E-state index is 12.8. The molecule has 34 heavy (non-hydrogen) atoms. The highest BCUT2D eigenvalue weighted by atomic mass is 16.6. The van der Waals surface area contributed by atoms with Gasteiger partial charge in [-0.2, -0.15) is 0 Å². The van der Waals surface area contributed by atoms with E-state index in [1.165, 1.54) is 12.1 Å². The summed E-state index contributed by atoms with van der Waals surface area (Å²) in [6, 6.07) is 11.4. The van der Waals surface area contributed by atoms with Crippen molar-refractivity contribution in [2.45, 2.75) is 12.5 Å². The third-order valence-corrected chi connectivity index (χ3v) is 6.28. The molecule has 11 heteroatoms. The van der Waals surface area contributed by atoms with Gasteiger partial charge in [-0.3, -0.25) is 14.9 Å². The second-order valence-electron chi connectivity index (χ2n) is 8.43. The molecule has 0 aliphatic carbocycles. The lowest BCUT2D eigenvalue weighted by Gasteiger charge is -2.36. The van der Waals surface area contributed by atoms with E-state index in [0.717, 1.165) is 11.4 Å². The highest BCUT2D eigenvalue weighted by Crippen LogP contribution is 2.35. The molecule has 3 heterocycles. The number of amides is 3. The van der Waals surface area contributed by atoms with Gasteiger partial charge in [-0.05, 0) is 24.3 Å². The van der Waals surface area contributed by atoms with Crippen molar-refractivity contribution in [2.24, 2.45) is 0 Å². The lowest BCUT2D eigenvalue weighted by Crippen LogP contribution is -2.53. The standard InChI is InChI=1S/C23H25N5O6/c29-22-13-16(15-27(22)19-5-6-20-21(14-19)34-12-11-33-20)24-23(30)26-9-7-25(8-10-26)17-1-3-18(4-2-17)28(31)32/h1-6,14,16H,7-13,15H2,(H,24,30). The summed E-state index contributed by atoms with van der Waals surface area (Å²) in [5, 5.41) is 13.8. The Bertz CT molecular complexity index is 1100. The van der Waals surface area contributed by atoms with Gasteiger partial charge in [-0.15, -0.1) is 0 Å². The predicted molar refractivity (Wildman–Crippen MR) is 124 cm³/mol. The molecule has 3 amide bonds. The molecular weight excluding hydrogens is 442 g/mol. The van der Waals surface area contributed by atoms with Crippen molar-refractivity contribution in [1.82, 2.24) is 10.2 Å². The monoisotopic (exact) mass is 467 g/mol. The maximum Gasteiger partial charge on any atom is 0.317 e. The maximum absolute atomic E-state index is 12.8. The number of fused-ring (bicyclic) bond motifs is 1. The molecule has 178 valence electrons. The van der Waals surface area contributed by atoms with Gasteiger partial charge in [-0.1, -0.05) is 0 Å². The molecule has 2 aromatic carbocycles. The second kappa shape index (κ2) is 9.08. The van der Waals surface area contributed by atoms with Crippen LogP contribution in [0.15, 0.2) is 42.5 Å². The number of ether oxygens (including phenoxy) is 2. The molecule has 0 spiro atoms. The number of urea groups is 1. The molecule has 2 aromatic rings. The largest absolute Gasteiger partial charge is 0.486 e. The number of nitro groups is 1. The van der Waals surface area contributed by atoms with Crippen molar-refractivity contribution in [3.8, 4) is 11.5 Å². The number of anilines is 2. The number of nitro benzene ring substituents is 1. The molecule has 0 aromatic heterocycles. The fourth-order valence-electron chi connectivity index (χ4n) is 4.47. The number of hydrogen-bond acceptors (Lipinski definition) is 7. The van der Waals surface area contributed by atoms with Gasteiger partial charge in [0.2, 0.25) is 5.91 Å². The summed E-state index contributed by atoms with van der Waals surface area (Å²) in [6.07, 6.45) is 0.239. The zero-order valence-electron chi connectivity index (χ0n) is 18.5. The molecule has 0 radical (unpaired) electrons. The van der Waals surface area contributed by atoms with E-state index in [-0.39, 0.29) is 30.1 Å². The summed E-state index contributed by atoms with van der Waals surface area (Å²) in [7, 11) is 0. The second-order valence-corrected chi connectivity index (χ2v) is 8.43. The van der Waals surface area contributed by atoms with Crippen LogP contribution in [0.2, 0.25) is 0 Å². The average molecular weight is 467 g/mol. The van der Waals surface area contributed by atoms with Crippen LogP contribution in [0.5, 0.6) is 11.5 Å². The van der Waals surface area contributed by atoms with E-state index in [1.54, 1.807) is 34.1 Å². The minimum absolute atomic E-state index is 0.0510. The highest BCUT2D eigenvalue weighted by molar-refractivity contribution is 5.97. The third kappa shape index (κ3) is 4.41. The van der Waals surface area contributed by atoms with Crippen LogP contribution in [0, 0.1) is 10.1 Å². The number of benzene rings is 2. The fourth-order valence-corrected chi connectivity index (χ4v) is 4.47. The SMILES string of the molecule is O=C(NC1CC(=O)N(c2ccc3c(c2)OCCO3)C1)N1CCN(c2ccc([N+](=O)[O-])cc2)CC1. The lowest BCUT2D eigenvalue weighted by atomic mass is 10.2. The van der Waals surface area contributed by atoms with Crippen molar-refractivity contribution >= 4 is 29.0 Å². The molecule has 2 saturated heterocycles. The zero-order chi connectivity index (χ0) is 23.7. The number of rotatable bonds is 4. The van der Waals surface area contributed by atoms with Gasteiger partial charge >= 0.3 is 6.03 Å². The molecule has 3 aliphatic heterocycles. The molecular formula is C23H25N5O6. The molecule has 1 atom stereocenters. The first kappa shape index (κ1) is 21.8. The Labute approximate surface area is 196 Å². The number of carbonyl (C=O) groups is 2. The quantitative estimate of drug-likeness (QED) is 0.540. The Kier molecular flexibility index (Phi) is 5.83. The summed E-state index contributed by atoms with van der Waals surface area (Å²) in [5.41, 5.74) is 1.67. The van der Waals surface area contributed by atoms with Crippen molar-refractivity contribution in [3.63, 3.8) is 0 Å². The van der Waals surface area contributed by atoms with Crippen molar-refractivity contribution in [2.75, 3.05) is 55.7 Å². The topological polar surface area (TPSA) is 117 Å². The number of piperazine rings is 1. The number of hydrogen-bond donors (Lipinski definition) is 1. The normalized spacial score (nSPS) is 19.8. The van der Waals surface area contributed by atoms with Gasteiger partial charge in [0, 0.05) is 68.7 Å². The van der Waals surface area contributed by atoms with Gasteiger partial charge in [0.05, 0.1) is 11.0 Å². The molecule has 3 aliphatic rings. The van der Waals surface area contributed by atoms with Crippen LogP contribution in [-0.2, 0) is 4.79 Å². The van der Waals surface area contributed by atoms with E-state index in [2.05, 4.69) is 10.2 Å². The Morgan fingerprint density at radius 2 is 1.65 bits per heavy atom. The molecule has 1 N–H and O–H groups in total. The summed E-state index contributed by atoms with van der Waals surface area (Å²) < 4.78 is 11.2. The molecule has 0 saturated carbocycles.